The number of benzene rings is 1. The first kappa shape index (κ1) is 17.4. The van der Waals surface area contributed by atoms with Gasteiger partial charge in [0.2, 0.25) is 0 Å². The Bertz CT molecular complexity index is 771. The topological polar surface area (TPSA) is 62.3 Å². The maximum atomic E-state index is 12.6. The smallest absolute Gasteiger partial charge is 0.274 e. The Labute approximate surface area is 152 Å². The van der Waals surface area contributed by atoms with E-state index in [-0.39, 0.29) is 17.5 Å². The number of halogens is 1. The molecule has 0 radical (unpaired) electrons. The Kier molecular flexibility index (Phi) is 5.66. The summed E-state index contributed by atoms with van der Waals surface area (Å²) in [6.07, 6.45) is 4.33. The van der Waals surface area contributed by atoms with Gasteiger partial charge in [0, 0.05) is 23.8 Å². The van der Waals surface area contributed by atoms with Crippen molar-refractivity contribution in [1.29, 1.82) is 0 Å². The lowest BCUT2D eigenvalue weighted by Gasteiger charge is -2.19. The van der Waals surface area contributed by atoms with Crippen molar-refractivity contribution >= 4 is 29.1 Å². The molecule has 0 aliphatic carbocycles. The van der Waals surface area contributed by atoms with Gasteiger partial charge in [-0.05, 0) is 43.2 Å². The second-order valence-electron chi connectivity index (χ2n) is 6.08. The van der Waals surface area contributed by atoms with E-state index in [9.17, 15) is 9.59 Å². The number of nitrogens with one attached hydrogen (secondary N) is 1. The number of aromatic nitrogens is 1. The first-order chi connectivity index (χ1) is 12.1. The largest absolute Gasteiger partial charge is 0.337 e. The van der Waals surface area contributed by atoms with Crippen LogP contribution in [0.3, 0.4) is 0 Å². The fourth-order valence-corrected chi connectivity index (χ4v) is 3.07. The van der Waals surface area contributed by atoms with Crippen LogP contribution in [0, 0.1) is 0 Å². The number of amides is 2. The molecule has 1 aliphatic rings. The molecule has 0 bridgehead atoms. The standard InChI is InChI=1S/C19H20ClN3O2/c20-14-7-5-8-15(13-14)21-18(24)16-9-6-10-17(22-16)19(25)23-11-3-1-2-4-12-23/h5-10,13H,1-4,11-12H2,(H,21,24). The maximum Gasteiger partial charge on any atom is 0.274 e. The van der Waals surface area contributed by atoms with E-state index >= 15 is 0 Å². The average molecular weight is 358 g/mol. The molecule has 2 heterocycles. The normalized spacial score (nSPS) is 14.7. The van der Waals surface area contributed by atoms with Crippen LogP contribution in [0.5, 0.6) is 0 Å². The minimum atomic E-state index is -0.368. The van der Waals surface area contributed by atoms with E-state index in [2.05, 4.69) is 10.3 Å². The summed E-state index contributed by atoms with van der Waals surface area (Å²) in [5.41, 5.74) is 1.10. The van der Waals surface area contributed by atoms with Crippen LogP contribution >= 0.6 is 11.6 Å². The fraction of sp³-hybridized carbons (Fsp3) is 0.316. The van der Waals surface area contributed by atoms with Gasteiger partial charge in [-0.25, -0.2) is 4.98 Å². The summed E-state index contributed by atoms with van der Waals surface area (Å²) in [4.78, 5) is 31.1. The summed E-state index contributed by atoms with van der Waals surface area (Å²) >= 11 is 5.92. The van der Waals surface area contributed by atoms with Crippen molar-refractivity contribution in [3.8, 4) is 0 Å². The van der Waals surface area contributed by atoms with Gasteiger partial charge in [0.05, 0.1) is 0 Å². The number of hydrogen-bond acceptors (Lipinski definition) is 3. The van der Waals surface area contributed by atoms with Crippen LogP contribution in [-0.4, -0.2) is 34.8 Å². The summed E-state index contributed by atoms with van der Waals surface area (Å²) in [5, 5.41) is 3.28. The average Bonchev–Trinajstić information content (AvgIpc) is 2.90. The van der Waals surface area contributed by atoms with Gasteiger partial charge in [-0.2, -0.15) is 0 Å². The van der Waals surface area contributed by atoms with E-state index in [0.29, 0.717) is 16.4 Å². The second-order valence-corrected chi connectivity index (χ2v) is 6.52. The van der Waals surface area contributed by atoms with Crippen LogP contribution in [0.4, 0.5) is 5.69 Å². The van der Waals surface area contributed by atoms with E-state index < -0.39 is 0 Å². The molecule has 2 aromatic rings. The summed E-state index contributed by atoms with van der Waals surface area (Å²) in [6.45, 7) is 1.50. The quantitative estimate of drug-likeness (QED) is 0.902. The third-order valence-electron chi connectivity index (χ3n) is 4.18. The molecule has 0 saturated carbocycles. The van der Waals surface area contributed by atoms with E-state index in [4.69, 9.17) is 11.6 Å². The summed E-state index contributed by atoms with van der Waals surface area (Å²) in [5.74, 6) is -0.480. The molecule has 1 N–H and O–H groups in total. The SMILES string of the molecule is O=C(Nc1cccc(Cl)c1)c1cccc(C(=O)N2CCCCCC2)n1. The molecule has 1 fully saturated rings. The number of likely N-dealkylation sites (tertiary alicyclic amines) is 1. The van der Waals surface area contributed by atoms with Crippen molar-refractivity contribution in [3.63, 3.8) is 0 Å². The molecular formula is C19H20ClN3O2. The number of pyridine rings is 1. The molecule has 25 heavy (non-hydrogen) atoms. The van der Waals surface area contributed by atoms with Gasteiger partial charge >= 0.3 is 0 Å². The molecule has 0 unspecified atom stereocenters. The van der Waals surface area contributed by atoms with E-state index in [1.54, 1.807) is 42.5 Å². The van der Waals surface area contributed by atoms with Crippen molar-refractivity contribution in [2.45, 2.75) is 25.7 Å². The molecule has 1 aromatic carbocycles. The maximum absolute atomic E-state index is 12.6. The lowest BCUT2D eigenvalue weighted by molar-refractivity contribution is 0.0755. The Morgan fingerprint density at radius 1 is 0.960 bits per heavy atom. The second kappa shape index (κ2) is 8.12. The predicted octanol–water partition coefficient (Wildman–Crippen LogP) is 4.00. The number of carbonyl (C=O) groups is 2. The third-order valence-corrected chi connectivity index (χ3v) is 4.41. The predicted molar refractivity (Wildman–Crippen MR) is 98.0 cm³/mol. The van der Waals surface area contributed by atoms with Crippen molar-refractivity contribution < 1.29 is 9.59 Å². The molecular weight excluding hydrogens is 338 g/mol. The van der Waals surface area contributed by atoms with Crippen molar-refractivity contribution in [1.82, 2.24) is 9.88 Å². The first-order valence-corrected chi connectivity index (χ1v) is 8.84. The van der Waals surface area contributed by atoms with Gasteiger partial charge in [-0.1, -0.05) is 36.6 Å². The molecule has 0 spiro atoms. The van der Waals surface area contributed by atoms with E-state index in [0.717, 1.165) is 38.8 Å². The van der Waals surface area contributed by atoms with Crippen LogP contribution in [0.25, 0.3) is 0 Å². The Morgan fingerprint density at radius 2 is 1.64 bits per heavy atom. The summed E-state index contributed by atoms with van der Waals surface area (Å²) in [7, 11) is 0. The molecule has 1 saturated heterocycles. The molecule has 1 aromatic heterocycles. The highest BCUT2D eigenvalue weighted by molar-refractivity contribution is 6.30. The lowest BCUT2D eigenvalue weighted by Crippen LogP contribution is -2.32. The molecule has 1 aliphatic heterocycles. The van der Waals surface area contributed by atoms with E-state index in [1.807, 2.05) is 4.90 Å². The van der Waals surface area contributed by atoms with Crippen LogP contribution in [-0.2, 0) is 0 Å². The molecule has 3 rings (SSSR count). The van der Waals surface area contributed by atoms with Gasteiger partial charge in [0.1, 0.15) is 11.4 Å². The van der Waals surface area contributed by atoms with Crippen LogP contribution in [0.1, 0.15) is 46.7 Å². The van der Waals surface area contributed by atoms with Crippen LogP contribution < -0.4 is 5.32 Å². The number of hydrogen-bond donors (Lipinski definition) is 1. The molecule has 130 valence electrons. The minimum absolute atomic E-state index is 0.112. The van der Waals surface area contributed by atoms with Crippen molar-refractivity contribution in [2.75, 3.05) is 18.4 Å². The van der Waals surface area contributed by atoms with Crippen LogP contribution in [0.2, 0.25) is 5.02 Å². The highest BCUT2D eigenvalue weighted by atomic mass is 35.5. The van der Waals surface area contributed by atoms with Gasteiger partial charge in [0.25, 0.3) is 11.8 Å². The molecule has 2 amide bonds. The van der Waals surface area contributed by atoms with Gasteiger partial charge < -0.3 is 10.2 Å². The molecule has 6 heteroatoms. The lowest BCUT2D eigenvalue weighted by atomic mass is 10.2. The van der Waals surface area contributed by atoms with Crippen LogP contribution in [0.15, 0.2) is 42.5 Å². The van der Waals surface area contributed by atoms with Crippen molar-refractivity contribution in [3.05, 3.63) is 58.9 Å². The van der Waals surface area contributed by atoms with Gasteiger partial charge in [0.15, 0.2) is 0 Å². The summed E-state index contributed by atoms with van der Waals surface area (Å²) in [6, 6.07) is 11.8. The first-order valence-electron chi connectivity index (χ1n) is 8.47. The van der Waals surface area contributed by atoms with E-state index in [1.165, 1.54) is 0 Å². The van der Waals surface area contributed by atoms with Gasteiger partial charge in [-0.15, -0.1) is 0 Å². The Hall–Kier alpha value is -2.40. The Balaban J connectivity index is 1.74. The van der Waals surface area contributed by atoms with Crippen molar-refractivity contribution in [2.24, 2.45) is 0 Å². The number of carbonyl (C=O) groups excluding carboxylic acids is 2. The zero-order valence-corrected chi connectivity index (χ0v) is 14.6. The zero-order chi connectivity index (χ0) is 17.6. The monoisotopic (exact) mass is 357 g/mol. The van der Waals surface area contributed by atoms with Gasteiger partial charge in [-0.3, -0.25) is 9.59 Å². The minimum Gasteiger partial charge on any atom is -0.337 e. The number of rotatable bonds is 3. The highest BCUT2D eigenvalue weighted by Gasteiger charge is 2.19. The number of anilines is 1. The fourth-order valence-electron chi connectivity index (χ4n) is 2.88. The highest BCUT2D eigenvalue weighted by Crippen LogP contribution is 2.16. The third kappa shape index (κ3) is 4.57. The molecule has 5 nitrogen and oxygen atoms in total. The number of nitrogens with zero attached hydrogens (tertiary/aromatic N) is 2. The summed E-state index contributed by atoms with van der Waals surface area (Å²) < 4.78 is 0. The molecule has 0 atom stereocenters. The Morgan fingerprint density at radius 3 is 2.36 bits per heavy atom. The zero-order valence-electron chi connectivity index (χ0n) is 13.9.